The fourth-order valence-electron chi connectivity index (χ4n) is 1.99. The summed E-state index contributed by atoms with van der Waals surface area (Å²) in [5.74, 6) is 1.38. The Kier molecular flexibility index (Phi) is 2.91. The zero-order chi connectivity index (χ0) is 12.5. The van der Waals surface area contributed by atoms with E-state index in [0.717, 1.165) is 18.7 Å². The summed E-state index contributed by atoms with van der Waals surface area (Å²) in [5, 5.41) is 9.86. The Morgan fingerprint density at radius 1 is 1.56 bits per heavy atom. The van der Waals surface area contributed by atoms with E-state index in [1.165, 1.54) is 0 Å². The Labute approximate surface area is 105 Å². The molecule has 2 N–H and O–H groups in total. The molecule has 3 rings (SSSR count). The number of rotatable bonds is 2. The number of hydrogen-bond donors (Lipinski definition) is 2. The minimum atomic E-state index is -0.228. The molecule has 18 heavy (non-hydrogen) atoms. The Hall–Kier alpha value is -1.63. The highest BCUT2D eigenvalue weighted by Gasteiger charge is 2.31. The van der Waals surface area contributed by atoms with E-state index >= 15 is 0 Å². The number of nitrogens with one attached hydrogen (secondary N) is 2. The molecule has 1 saturated heterocycles. The number of amides is 2. The first-order valence-electron chi connectivity index (χ1n) is 6.28. The lowest BCUT2D eigenvalue weighted by molar-refractivity contribution is -0.0198. The highest BCUT2D eigenvalue weighted by molar-refractivity contribution is 5.75. The third kappa shape index (κ3) is 2.45. The molecule has 7 heteroatoms. The van der Waals surface area contributed by atoms with Crippen molar-refractivity contribution in [3.63, 3.8) is 0 Å². The van der Waals surface area contributed by atoms with Crippen LogP contribution in [0.25, 0.3) is 0 Å². The van der Waals surface area contributed by atoms with Gasteiger partial charge in [0.1, 0.15) is 11.9 Å². The summed E-state index contributed by atoms with van der Waals surface area (Å²) in [6, 6.07) is 0.377. The van der Waals surface area contributed by atoms with Gasteiger partial charge in [0.25, 0.3) is 0 Å². The van der Waals surface area contributed by atoms with Crippen LogP contribution in [-0.2, 0) is 4.74 Å². The first-order valence-corrected chi connectivity index (χ1v) is 6.28. The summed E-state index contributed by atoms with van der Waals surface area (Å²) in [6.45, 7) is 3.50. The van der Waals surface area contributed by atoms with E-state index < -0.39 is 0 Å². The number of H-pyrrole nitrogens is 1. The van der Waals surface area contributed by atoms with Crippen molar-refractivity contribution in [3.05, 3.63) is 11.6 Å². The van der Waals surface area contributed by atoms with Gasteiger partial charge in [0.2, 0.25) is 0 Å². The number of aryl methyl sites for hydroxylation is 1. The Bertz CT molecular complexity index is 442. The third-order valence-electron chi connectivity index (χ3n) is 3.16. The Morgan fingerprint density at radius 2 is 2.39 bits per heavy atom. The number of nitrogens with zero attached hydrogens (tertiary/aromatic N) is 3. The van der Waals surface area contributed by atoms with Gasteiger partial charge in [0, 0.05) is 12.6 Å². The molecule has 2 aliphatic rings. The monoisotopic (exact) mass is 251 g/mol. The second-order valence-electron chi connectivity index (χ2n) is 4.81. The van der Waals surface area contributed by atoms with Crippen LogP contribution in [0.3, 0.4) is 0 Å². The number of carbonyl (C=O) groups is 1. The van der Waals surface area contributed by atoms with E-state index in [1.807, 2.05) is 6.92 Å². The molecule has 1 atom stereocenters. The Morgan fingerprint density at radius 3 is 3.06 bits per heavy atom. The zero-order valence-corrected chi connectivity index (χ0v) is 10.3. The average Bonchev–Trinajstić information content (AvgIpc) is 3.08. The number of aromatic amines is 1. The number of morpholine rings is 1. The van der Waals surface area contributed by atoms with Gasteiger partial charge in [-0.15, -0.1) is 0 Å². The first-order chi connectivity index (χ1) is 8.72. The van der Waals surface area contributed by atoms with Crippen molar-refractivity contribution < 1.29 is 9.53 Å². The molecule has 0 spiro atoms. The number of carbonyl (C=O) groups excluding carboxylic acids is 1. The molecule has 1 saturated carbocycles. The fourth-order valence-corrected chi connectivity index (χ4v) is 1.99. The molecule has 1 aliphatic heterocycles. The topological polar surface area (TPSA) is 83.1 Å². The summed E-state index contributed by atoms with van der Waals surface area (Å²) < 4.78 is 5.61. The highest BCUT2D eigenvalue weighted by atomic mass is 16.5. The van der Waals surface area contributed by atoms with Gasteiger partial charge in [0.05, 0.1) is 13.2 Å². The molecule has 2 amide bonds. The van der Waals surface area contributed by atoms with Crippen LogP contribution in [0.5, 0.6) is 0 Å². The summed E-state index contributed by atoms with van der Waals surface area (Å²) in [5.41, 5.74) is 0. The van der Waals surface area contributed by atoms with Gasteiger partial charge in [-0.3, -0.25) is 5.10 Å². The van der Waals surface area contributed by atoms with E-state index in [4.69, 9.17) is 4.74 Å². The highest BCUT2D eigenvalue weighted by Crippen LogP contribution is 2.21. The largest absolute Gasteiger partial charge is 0.366 e. The minimum absolute atomic E-state index is 0.00180. The number of urea groups is 1. The number of ether oxygens (including phenoxy) is 1. The molecule has 1 aromatic heterocycles. The van der Waals surface area contributed by atoms with Crippen LogP contribution in [0.4, 0.5) is 4.79 Å². The maximum atomic E-state index is 11.9. The fraction of sp³-hybridized carbons (Fsp3) is 0.727. The van der Waals surface area contributed by atoms with Gasteiger partial charge in [0.15, 0.2) is 5.82 Å². The maximum absolute atomic E-state index is 11.9. The standard InChI is InChI=1S/C11H17N5O2/c1-7-12-10(15-14-7)9-6-16(4-5-18-9)11(17)13-8-2-3-8/h8-9H,2-6H2,1H3,(H,13,17)(H,12,14,15)/t9-/m1/s1. The molecule has 0 bridgehead atoms. The van der Waals surface area contributed by atoms with Crippen molar-refractivity contribution in [1.82, 2.24) is 25.4 Å². The predicted molar refractivity (Wildman–Crippen MR) is 62.9 cm³/mol. The molecule has 7 nitrogen and oxygen atoms in total. The van der Waals surface area contributed by atoms with Gasteiger partial charge in [-0.05, 0) is 19.8 Å². The lowest BCUT2D eigenvalue weighted by atomic mass is 10.2. The van der Waals surface area contributed by atoms with Crippen LogP contribution in [-0.4, -0.2) is 51.9 Å². The number of hydrogen-bond acceptors (Lipinski definition) is 4. The SMILES string of the molecule is Cc1nc([C@H]2CN(C(=O)NC3CC3)CCO2)n[nH]1. The van der Waals surface area contributed by atoms with Crippen LogP contribution >= 0.6 is 0 Å². The van der Waals surface area contributed by atoms with E-state index in [0.29, 0.717) is 31.6 Å². The van der Waals surface area contributed by atoms with Crippen LogP contribution in [0.15, 0.2) is 0 Å². The molecule has 1 aromatic rings. The van der Waals surface area contributed by atoms with Crippen molar-refractivity contribution >= 4 is 6.03 Å². The van der Waals surface area contributed by atoms with Crippen molar-refractivity contribution in [3.8, 4) is 0 Å². The second kappa shape index (κ2) is 4.56. The van der Waals surface area contributed by atoms with Crippen molar-refractivity contribution in [2.45, 2.75) is 31.9 Å². The average molecular weight is 251 g/mol. The van der Waals surface area contributed by atoms with Gasteiger partial charge in [-0.1, -0.05) is 0 Å². The summed E-state index contributed by atoms with van der Waals surface area (Å²) in [7, 11) is 0. The third-order valence-corrected chi connectivity index (χ3v) is 3.16. The molecular formula is C11H17N5O2. The predicted octanol–water partition coefficient (Wildman–Crippen LogP) is 0.358. The van der Waals surface area contributed by atoms with E-state index in [1.54, 1.807) is 4.90 Å². The maximum Gasteiger partial charge on any atom is 0.317 e. The molecule has 2 heterocycles. The van der Waals surface area contributed by atoms with E-state index in [-0.39, 0.29) is 12.1 Å². The molecule has 0 radical (unpaired) electrons. The van der Waals surface area contributed by atoms with Crippen LogP contribution in [0, 0.1) is 6.92 Å². The zero-order valence-electron chi connectivity index (χ0n) is 10.3. The molecule has 1 aliphatic carbocycles. The van der Waals surface area contributed by atoms with Crippen molar-refractivity contribution in [2.75, 3.05) is 19.7 Å². The van der Waals surface area contributed by atoms with E-state index in [9.17, 15) is 4.79 Å². The van der Waals surface area contributed by atoms with Crippen LogP contribution in [0.1, 0.15) is 30.6 Å². The first kappa shape index (κ1) is 11.5. The quantitative estimate of drug-likeness (QED) is 0.795. The van der Waals surface area contributed by atoms with E-state index in [2.05, 4.69) is 20.5 Å². The second-order valence-corrected chi connectivity index (χ2v) is 4.81. The van der Waals surface area contributed by atoms with Crippen LogP contribution in [0.2, 0.25) is 0 Å². The summed E-state index contributed by atoms with van der Waals surface area (Å²) in [4.78, 5) is 18.0. The van der Waals surface area contributed by atoms with Crippen LogP contribution < -0.4 is 5.32 Å². The minimum Gasteiger partial charge on any atom is -0.366 e. The summed E-state index contributed by atoms with van der Waals surface area (Å²) >= 11 is 0. The molecule has 0 unspecified atom stereocenters. The van der Waals surface area contributed by atoms with Crippen molar-refractivity contribution in [2.24, 2.45) is 0 Å². The smallest absolute Gasteiger partial charge is 0.317 e. The number of aromatic nitrogens is 3. The molecular weight excluding hydrogens is 234 g/mol. The molecule has 0 aromatic carbocycles. The molecule has 98 valence electrons. The van der Waals surface area contributed by atoms with Crippen molar-refractivity contribution in [1.29, 1.82) is 0 Å². The molecule has 2 fully saturated rings. The van der Waals surface area contributed by atoms with Gasteiger partial charge < -0.3 is 15.0 Å². The van der Waals surface area contributed by atoms with Gasteiger partial charge in [-0.2, -0.15) is 5.10 Å². The van der Waals surface area contributed by atoms with Gasteiger partial charge in [-0.25, -0.2) is 9.78 Å². The Balaban J connectivity index is 1.62. The lowest BCUT2D eigenvalue weighted by Crippen LogP contribution is -2.47. The lowest BCUT2D eigenvalue weighted by Gasteiger charge is -2.31. The van der Waals surface area contributed by atoms with Gasteiger partial charge >= 0.3 is 6.03 Å². The summed E-state index contributed by atoms with van der Waals surface area (Å²) in [6.07, 6.45) is 1.97. The normalized spacial score (nSPS) is 24.1.